The highest BCUT2D eigenvalue weighted by Crippen LogP contribution is 2.20. The lowest BCUT2D eigenvalue weighted by atomic mass is 10.0. The summed E-state index contributed by atoms with van der Waals surface area (Å²) in [4.78, 5) is 12.2. The van der Waals surface area contributed by atoms with Gasteiger partial charge in [-0.3, -0.25) is 4.79 Å². The van der Waals surface area contributed by atoms with Crippen molar-refractivity contribution in [3.05, 3.63) is 24.3 Å². The van der Waals surface area contributed by atoms with Gasteiger partial charge in [0.05, 0.1) is 18.6 Å². The quantitative estimate of drug-likeness (QED) is 0.641. The molecule has 0 bridgehead atoms. The third-order valence-corrected chi connectivity index (χ3v) is 4.84. The standard InChI is InChI=1S/C18H27N5O2S/c1-13(2)6-5-7-14(3)19-17(24)12-26-18-20-21-22-23(18)15-8-10-16(25-4)11-9-15/h8-11,13-14H,5-7,12H2,1-4H3,(H,19,24)/t14-/m1/s1. The minimum Gasteiger partial charge on any atom is -0.497 e. The van der Waals surface area contributed by atoms with Gasteiger partial charge in [-0.2, -0.15) is 4.68 Å². The van der Waals surface area contributed by atoms with Crippen molar-refractivity contribution in [2.24, 2.45) is 5.92 Å². The van der Waals surface area contributed by atoms with Crippen molar-refractivity contribution in [2.75, 3.05) is 12.9 Å². The highest BCUT2D eigenvalue weighted by Gasteiger charge is 2.13. The van der Waals surface area contributed by atoms with Gasteiger partial charge in [0.25, 0.3) is 0 Å². The molecule has 1 aromatic heterocycles. The average Bonchev–Trinajstić information content (AvgIpc) is 3.08. The van der Waals surface area contributed by atoms with Gasteiger partial charge in [-0.15, -0.1) is 5.10 Å². The molecule has 142 valence electrons. The fraction of sp³-hybridized carbons (Fsp3) is 0.556. The molecule has 2 rings (SSSR count). The van der Waals surface area contributed by atoms with Gasteiger partial charge in [0.15, 0.2) is 0 Å². The maximum absolute atomic E-state index is 12.2. The number of nitrogens with one attached hydrogen (secondary N) is 1. The van der Waals surface area contributed by atoms with Crippen LogP contribution in [-0.4, -0.2) is 45.0 Å². The SMILES string of the molecule is COc1ccc(-n2nnnc2SCC(=O)N[C@H](C)CCCC(C)C)cc1. The lowest BCUT2D eigenvalue weighted by molar-refractivity contribution is -0.119. The second-order valence-electron chi connectivity index (χ2n) is 6.65. The molecule has 8 heteroatoms. The third kappa shape index (κ3) is 6.33. The number of carbonyl (C=O) groups is 1. The van der Waals surface area contributed by atoms with Crippen molar-refractivity contribution < 1.29 is 9.53 Å². The number of aromatic nitrogens is 4. The Kier molecular flexibility index (Phi) is 7.90. The molecule has 1 atom stereocenters. The van der Waals surface area contributed by atoms with Gasteiger partial charge in [-0.25, -0.2) is 0 Å². The van der Waals surface area contributed by atoms with Crippen LogP contribution >= 0.6 is 11.8 Å². The summed E-state index contributed by atoms with van der Waals surface area (Å²) in [6, 6.07) is 7.61. The van der Waals surface area contributed by atoms with E-state index in [2.05, 4.69) is 34.7 Å². The van der Waals surface area contributed by atoms with Gasteiger partial charge in [0.1, 0.15) is 5.75 Å². The predicted octanol–water partition coefficient (Wildman–Crippen LogP) is 3.09. The first-order valence-corrected chi connectivity index (χ1v) is 9.83. The van der Waals surface area contributed by atoms with Crippen LogP contribution in [0.25, 0.3) is 5.69 Å². The number of rotatable bonds is 10. The predicted molar refractivity (Wildman–Crippen MR) is 103 cm³/mol. The van der Waals surface area contributed by atoms with Gasteiger partial charge in [0.2, 0.25) is 11.1 Å². The molecule has 0 aliphatic carbocycles. The first-order chi connectivity index (χ1) is 12.5. The molecule has 0 aliphatic heterocycles. The van der Waals surface area contributed by atoms with Crippen LogP contribution in [0.3, 0.4) is 0 Å². The fourth-order valence-corrected chi connectivity index (χ4v) is 3.21. The summed E-state index contributed by atoms with van der Waals surface area (Å²) in [6.45, 7) is 6.48. The molecule has 7 nitrogen and oxygen atoms in total. The number of carbonyl (C=O) groups excluding carboxylic acids is 1. The number of amides is 1. The van der Waals surface area contributed by atoms with Crippen LogP contribution in [0.15, 0.2) is 29.4 Å². The van der Waals surface area contributed by atoms with Crippen molar-refractivity contribution in [2.45, 2.75) is 51.2 Å². The zero-order chi connectivity index (χ0) is 18.9. The second-order valence-corrected chi connectivity index (χ2v) is 7.60. The minimum atomic E-state index is -0.00340. The molecule has 0 saturated carbocycles. The van der Waals surface area contributed by atoms with Gasteiger partial charge >= 0.3 is 0 Å². The largest absolute Gasteiger partial charge is 0.497 e. The van der Waals surface area contributed by atoms with E-state index in [4.69, 9.17) is 4.74 Å². The Morgan fingerprint density at radius 2 is 1.96 bits per heavy atom. The molecule has 1 N–H and O–H groups in total. The topological polar surface area (TPSA) is 81.9 Å². The summed E-state index contributed by atoms with van der Waals surface area (Å²) in [7, 11) is 1.62. The lowest BCUT2D eigenvalue weighted by Crippen LogP contribution is -2.33. The normalized spacial score (nSPS) is 12.2. The molecule has 2 aromatic rings. The summed E-state index contributed by atoms with van der Waals surface area (Å²) in [5.74, 6) is 1.74. The highest BCUT2D eigenvalue weighted by atomic mass is 32.2. The minimum absolute atomic E-state index is 0.00340. The maximum atomic E-state index is 12.2. The summed E-state index contributed by atoms with van der Waals surface area (Å²) in [5.41, 5.74) is 0.820. The molecule has 0 unspecified atom stereocenters. The van der Waals surface area contributed by atoms with Crippen molar-refractivity contribution >= 4 is 17.7 Å². The molecule has 0 fully saturated rings. The van der Waals surface area contributed by atoms with E-state index in [9.17, 15) is 4.79 Å². The van der Waals surface area contributed by atoms with E-state index in [-0.39, 0.29) is 17.7 Å². The Bertz CT molecular complexity index is 687. The van der Waals surface area contributed by atoms with Crippen LogP contribution in [0.4, 0.5) is 0 Å². The van der Waals surface area contributed by atoms with Crippen LogP contribution in [0.5, 0.6) is 5.75 Å². The molecular formula is C18H27N5O2S. The Balaban J connectivity index is 1.84. The first kappa shape index (κ1) is 20.2. The van der Waals surface area contributed by atoms with Crippen molar-refractivity contribution in [3.8, 4) is 11.4 Å². The zero-order valence-corrected chi connectivity index (χ0v) is 16.6. The molecule has 0 aliphatic rings. The molecule has 0 radical (unpaired) electrons. The van der Waals surface area contributed by atoms with E-state index in [0.717, 1.165) is 24.3 Å². The number of benzene rings is 1. The Morgan fingerprint density at radius 3 is 2.62 bits per heavy atom. The van der Waals surface area contributed by atoms with Crippen LogP contribution in [0.1, 0.15) is 40.0 Å². The number of thioether (sulfide) groups is 1. The van der Waals surface area contributed by atoms with Crippen LogP contribution in [0, 0.1) is 5.92 Å². The van der Waals surface area contributed by atoms with Gasteiger partial charge in [-0.1, -0.05) is 38.5 Å². The van der Waals surface area contributed by atoms with E-state index in [0.29, 0.717) is 11.1 Å². The molecule has 1 heterocycles. The molecule has 1 aromatic carbocycles. The smallest absolute Gasteiger partial charge is 0.230 e. The molecule has 0 spiro atoms. The zero-order valence-electron chi connectivity index (χ0n) is 15.8. The van der Waals surface area contributed by atoms with E-state index in [1.807, 2.05) is 31.2 Å². The summed E-state index contributed by atoms with van der Waals surface area (Å²) in [6.07, 6.45) is 3.31. The van der Waals surface area contributed by atoms with Crippen LogP contribution in [0.2, 0.25) is 0 Å². The number of hydrogen-bond donors (Lipinski definition) is 1. The highest BCUT2D eigenvalue weighted by molar-refractivity contribution is 7.99. The third-order valence-electron chi connectivity index (χ3n) is 3.92. The van der Waals surface area contributed by atoms with Crippen molar-refractivity contribution in [1.82, 2.24) is 25.5 Å². The molecular weight excluding hydrogens is 350 g/mol. The van der Waals surface area contributed by atoms with Crippen LogP contribution in [-0.2, 0) is 4.79 Å². The average molecular weight is 378 g/mol. The maximum Gasteiger partial charge on any atom is 0.230 e. The molecule has 1 amide bonds. The molecule has 26 heavy (non-hydrogen) atoms. The summed E-state index contributed by atoms with van der Waals surface area (Å²) >= 11 is 1.32. The van der Waals surface area contributed by atoms with E-state index >= 15 is 0 Å². The monoisotopic (exact) mass is 377 g/mol. The number of hydrogen-bond acceptors (Lipinski definition) is 6. The number of nitrogens with zero attached hydrogens (tertiary/aromatic N) is 4. The van der Waals surface area contributed by atoms with Gasteiger partial charge in [0, 0.05) is 6.04 Å². The summed E-state index contributed by atoms with van der Waals surface area (Å²) < 4.78 is 6.77. The summed E-state index contributed by atoms with van der Waals surface area (Å²) in [5, 5.41) is 15.3. The van der Waals surface area contributed by atoms with Crippen molar-refractivity contribution in [1.29, 1.82) is 0 Å². The van der Waals surface area contributed by atoms with E-state index < -0.39 is 0 Å². The Morgan fingerprint density at radius 1 is 1.23 bits per heavy atom. The lowest BCUT2D eigenvalue weighted by Gasteiger charge is -2.14. The number of ether oxygens (including phenoxy) is 1. The van der Waals surface area contributed by atoms with Crippen molar-refractivity contribution in [3.63, 3.8) is 0 Å². The van der Waals surface area contributed by atoms with E-state index in [1.165, 1.54) is 18.2 Å². The van der Waals surface area contributed by atoms with E-state index in [1.54, 1.807) is 11.8 Å². The molecule has 0 saturated heterocycles. The second kappa shape index (κ2) is 10.2. The Labute approximate surface area is 158 Å². The van der Waals surface area contributed by atoms with Gasteiger partial charge in [-0.05, 0) is 54.0 Å². The van der Waals surface area contributed by atoms with Gasteiger partial charge < -0.3 is 10.1 Å². The Hall–Kier alpha value is -2.09. The van der Waals surface area contributed by atoms with Crippen LogP contribution < -0.4 is 10.1 Å². The number of methoxy groups -OCH3 is 1. The fourth-order valence-electron chi connectivity index (χ4n) is 2.51. The first-order valence-electron chi connectivity index (χ1n) is 8.84. The number of tetrazole rings is 1.